The molecule has 6 aromatic rings. The van der Waals surface area contributed by atoms with Crippen LogP contribution in [0.25, 0.3) is 11.2 Å². The maximum atomic E-state index is 13.6. The molecule has 0 unspecified atom stereocenters. The van der Waals surface area contributed by atoms with E-state index in [9.17, 15) is 13.5 Å². The van der Waals surface area contributed by atoms with Crippen LogP contribution in [-0.4, -0.2) is 58.0 Å². The van der Waals surface area contributed by atoms with E-state index in [0.29, 0.717) is 5.52 Å². The zero-order valence-corrected chi connectivity index (χ0v) is 26.7. The van der Waals surface area contributed by atoms with Crippen LogP contribution >= 0.6 is 0 Å². The van der Waals surface area contributed by atoms with Crippen molar-refractivity contribution >= 4 is 27.1 Å². The second kappa shape index (κ2) is 12.9. The van der Waals surface area contributed by atoms with Crippen molar-refractivity contribution in [3.63, 3.8) is 0 Å². The molecule has 48 heavy (non-hydrogen) atoms. The summed E-state index contributed by atoms with van der Waals surface area (Å²) in [6, 6.07) is 35.6. The molecule has 3 N–H and O–H groups in total. The van der Waals surface area contributed by atoms with E-state index in [1.54, 1.807) is 12.1 Å². The van der Waals surface area contributed by atoms with E-state index in [4.69, 9.17) is 19.4 Å². The molecule has 1 aliphatic rings. The van der Waals surface area contributed by atoms with E-state index < -0.39 is 40.3 Å². The zero-order valence-electron chi connectivity index (χ0n) is 25.9. The average molecular weight is 664 g/mol. The molecular formula is C36H33N5O6S. The Morgan fingerprint density at radius 1 is 0.833 bits per heavy atom. The summed E-state index contributed by atoms with van der Waals surface area (Å²) in [4.78, 5) is 12.6. The van der Waals surface area contributed by atoms with E-state index in [2.05, 4.69) is 15.0 Å². The molecule has 0 aliphatic carbocycles. The first-order valence-corrected chi connectivity index (χ1v) is 16.8. The van der Waals surface area contributed by atoms with Crippen LogP contribution < -0.4 is 5.73 Å². The normalized spacial score (nSPS) is 19.9. The van der Waals surface area contributed by atoms with Gasteiger partial charge in [-0.25, -0.2) is 15.0 Å². The predicted molar refractivity (Wildman–Crippen MR) is 178 cm³/mol. The molecule has 0 spiro atoms. The molecule has 7 rings (SSSR count). The Kier molecular flexibility index (Phi) is 8.50. The summed E-state index contributed by atoms with van der Waals surface area (Å²) in [7, 11) is -4.35. The second-order valence-corrected chi connectivity index (χ2v) is 13.1. The minimum absolute atomic E-state index is 0.0583. The molecule has 11 nitrogen and oxygen atoms in total. The molecule has 1 fully saturated rings. The number of aliphatic hydroxyl groups is 1. The standard InChI is InChI=1S/C36H33N5O6S/c1-24-17-19-28(20-18-24)48(43,44)47-32-31(42)29(46-35(32)41-23-40-30-33(37)38-22-39-34(30)41)21-45-36(25-11-5-2-6-12-25,26-13-7-3-8-14-26)27-15-9-4-10-16-27/h2-20,22-23,29,31-32,35,42H,21H2,1H3,(H2,37,38,39)/t29-,31-,32-,35-/m1/s1. The maximum Gasteiger partial charge on any atom is 0.297 e. The molecular weight excluding hydrogens is 630 g/mol. The minimum Gasteiger partial charge on any atom is -0.387 e. The van der Waals surface area contributed by atoms with Gasteiger partial charge in [0.1, 0.15) is 29.7 Å². The van der Waals surface area contributed by atoms with Crippen molar-refractivity contribution in [3.05, 3.63) is 150 Å². The number of benzene rings is 4. The smallest absolute Gasteiger partial charge is 0.297 e. The number of rotatable bonds is 10. The molecule has 1 saturated heterocycles. The lowest BCUT2D eigenvalue weighted by Crippen LogP contribution is -2.40. The van der Waals surface area contributed by atoms with Crippen molar-refractivity contribution < 1.29 is 27.2 Å². The molecule has 2 aromatic heterocycles. The van der Waals surface area contributed by atoms with E-state index in [1.165, 1.54) is 29.4 Å². The fraction of sp³-hybridized carbons (Fsp3) is 0.194. The van der Waals surface area contributed by atoms with Gasteiger partial charge in [-0.05, 0) is 35.7 Å². The fourth-order valence-corrected chi connectivity index (χ4v) is 7.20. The van der Waals surface area contributed by atoms with Crippen molar-refractivity contribution in [2.45, 2.75) is 42.0 Å². The first-order chi connectivity index (χ1) is 23.3. The number of anilines is 1. The maximum absolute atomic E-state index is 13.6. The van der Waals surface area contributed by atoms with Crippen LogP contribution in [0.2, 0.25) is 0 Å². The van der Waals surface area contributed by atoms with Crippen molar-refractivity contribution in [1.82, 2.24) is 19.5 Å². The lowest BCUT2D eigenvalue weighted by molar-refractivity contribution is -0.0938. The number of nitrogens with zero attached hydrogens (tertiary/aromatic N) is 4. The summed E-state index contributed by atoms with van der Waals surface area (Å²) in [6.07, 6.45) is -2.39. The summed E-state index contributed by atoms with van der Waals surface area (Å²) < 4.78 is 47.8. The number of hydrogen-bond donors (Lipinski definition) is 2. The number of nitrogens with two attached hydrogens (primary N) is 1. The van der Waals surface area contributed by atoms with Gasteiger partial charge in [-0.15, -0.1) is 0 Å². The van der Waals surface area contributed by atoms with E-state index in [0.717, 1.165) is 22.3 Å². The Hall–Kier alpha value is -4.98. The number of aromatic nitrogens is 4. The van der Waals surface area contributed by atoms with Gasteiger partial charge in [-0.2, -0.15) is 8.42 Å². The van der Waals surface area contributed by atoms with Gasteiger partial charge in [0.25, 0.3) is 10.1 Å². The van der Waals surface area contributed by atoms with Crippen molar-refractivity contribution in [2.24, 2.45) is 0 Å². The van der Waals surface area contributed by atoms with Gasteiger partial charge in [-0.1, -0.05) is 109 Å². The Balaban J connectivity index is 1.29. The third-order valence-corrected chi connectivity index (χ3v) is 9.85. The van der Waals surface area contributed by atoms with Crippen LogP contribution in [0.3, 0.4) is 0 Å². The lowest BCUT2D eigenvalue weighted by atomic mass is 9.80. The third kappa shape index (κ3) is 5.74. The Bertz CT molecular complexity index is 2020. The summed E-state index contributed by atoms with van der Waals surface area (Å²) >= 11 is 0. The number of aliphatic hydroxyl groups excluding tert-OH is 1. The van der Waals surface area contributed by atoms with Gasteiger partial charge in [0.2, 0.25) is 0 Å². The second-order valence-electron chi connectivity index (χ2n) is 11.6. The highest BCUT2D eigenvalue weighted by atomic mass is 32.2. The van der Waals surface area contributed by atoms with E-state index >= 15 is 0 Å². The van der Waals surface area contributed by atoms with Crippen LogP contribution in [0.15, 0.2) is 133 Å². The lowest BCUT2D eigenvalue weighted by Gasteiger charge is -2.37. The molecule has 0 bridgehead atoms. The molecule has 4 aromatic carbocycles. The van der Waals surface area contributed by atoms with Crippen LogP contribution in [-0.2, 0) is 29.4 Å². The number of nitrogen functional groups attached to an aromatic ring is 1. The molecule has 0 radical (unpaired) electrons. The average Bonchev–Trinajstić information content (AvgIpc) is 3.68. The Labute approximate surface area is 277 Å². The highest BCUT2D eigenvalue weighted by Crippen LogP contribution is 2.42. The quantitative estimate of drug-likeness (QED) is 0.155. The zero-order chi connectivity index (χ0) is 33.3. The SMILES string of the molecule is Cc1ccc(S(=O)(=O)O[C@@H]2[C@H](O)[C@@H](COC(c3ccccc3)(c3ccccc3)c3ccccc3)O[C@H]2n2cnc3c(N)ncnc32)cc1. The molecule has 4 atom stereocenters. The number of aryl methyl sites for hydroxylation is 1. The molecule has 244 valence electrons. The Morgan fingerprint density at radius 2 is 1.40 bits per heavy atom. The van der Waals surface area contributed by atoms with Crippen LogP contribution in [0, 0.1) is 6.92 Å². The molecule has 0 amide bonds. The van der Waals surface area contributed by atoms with Crippen molar-refractivity contribution in [2.75, 3.05) is 12.3 Å². The van der Waals surface area contributed by atoms with Gasteiger partial charge >= 0.3 is 0 Å². The number of hydrogen-bond acceptors (Lipinski definition) is 10. The summed E-state index contributed by atoms with van der Waals surface area (Å²) in [5.74, 6) is 0.139. The number of ether oxygens (including phenoxy) is 2. The largest absolute Gasteiger partial charge is 0.387 e. The Morgan fingerprint density at radius 3 is 1.96 bits per heavy atom. The van der Waals surface area contributed by atoms with Gasteiger partial charge in [-0.3, -0.25) is 8.75 Å². The highest BCUT2D eigenvalue weighted by Gasteiger charge is 2.50. The summed E-state index contributed by atoms with van der Waals surface area (Å²) in [5, 5.41) is 11.8. The van der Waals surface area contributed by atoms with Crippen LogP contribution in [0.5, 0.6) is 0 Å². The van der Waals surface area contributed by atoms with Gasteiger partial charge in [0, 0.05) is 0 Å². The number of fused-ring (bicyclic) bond motifs is 1. The molecule has 1 aliphatic heterocycles. The number of imidazole rings is 1. The van der Waals surface area contributed by atoms with Crippen LogP contribution in [0.4, 0.5) is 5.82 Å². The topological polar surface area (TPSA) is 152 Å². The first-order valence-electron chi connectivity index (χ1n) is 15.3. The van der Waals surface area contributed by atoms with E-state index in [-0.39, 0.29) is 23.0 Å². The van der Waals surface area contributed by atoms with Gasteiger partial charge < -0.3 is 20.3 Å². The van der Waals surface area contributed by atoms with Gasteiger partial charge in [0.15, 0.2) is 23.8 Å². The molecule has 12 heteroatoms. The molecule has 0 saturated carbocycles. The van der Waals surface area contributed by atoms with Crippen LogP contribution in [0.1, 0.15) is 28.5 Å². The first kappa shape index (κ1) is 31.6. The monoisotopic (exact) mass is 663 g/mol. The third-order valence-electron chi connectivity index (χ3n) is 8.53. The minimum atomic E-state index is -4.35. The highest BCUT2D eigenvalue weighted by molar-refractivity contribution is 7.86. The van der Waals surface area contributed by atoms with Gasteiger partial charge in [0.05, 0.1) is 17.8 Å². The predicted octanol–water partition coefficient (Wildman–Crippen LogP) is 4.76. The van der Waals surface area contributed by atoms with Crippen molar-refractivity contribution in [1.29, 1.82) is 0 Å². The summed E-state index contributed by atoms with van der Waals surface area (Å²) in [6.45, 7) is 1.70. The summed E-state index contributed by atoms with van der Waals surface area (Å²) in [5.41, 5.74) is 8.97. The fourth-order valence-electron chi connectivity index (χ4n) is 6.12. The van der Waals surface area contributed by atoms with E-state index in [1.807, 2.05) is 97.9 Å². The molecule has 3 heterocycles. The van der Waals surface area contributed by atoms with Crippen molar-refractivity contribution in [3.8, 4) is 0 Å².